The van der Waals surface area contributed by atoms with Crippen molar-refractivity contribution in [2.24, 2.45) is 0 Å². The lowest BCUT2D eigenvalue weighted by atomic mass is 10.2. The standard InChI is InChI=1S/C14H16N2O2S2/c1-9-7-18-10(2)6-16(9)14(17)11-8-20-13(15-11)12-4-3-5-19-12/h3-5,8-10H,6-7H2,1-2H3/t9-,10-/m1/s1. The van der Waals surface area contributed by atoms with Gasteiger partial charge in [0.05, 0.1) is 23.6 Å². The highest BCUT2D eigenvalue weighted by molar-refractivity contribution is 7.20. The molecule has 0 spiro atoms. The summed E-state index contributed by atoms with van der Waals surface area (Å²) < 4.78 is 5.56. The van der Waals surface area contributed by atoms with Gasteiger partial charge in [-0.25, -0.2) is 4.98 Å². The summed E-state index contributed by atoms with van der Waals surface area (Å²) >= 11 is 3.16. The van der Waals surface area contributed by atoms with E-state index in [0.717, 1.165) is 9.88 Å². The lowest BCUT2D eigenvalue weighted by Crippen LogP contribution is -2.50. The molecule has 4 nitrogen and oxygen atoms in total. The van der Waals surface area contributed by atoms with Gasteiger partial charge in [-0.05, 0) is 25.3 Å². The number of thiophene rings is 1. The molecule has 0 N–H and O–H groups in total. The van der Waals surface area contributed by atoms with E-state index in [9.17, 15) is 4.79 Å². The van der Waals surface area contributed by atoms with Crippen LogP contribution >= 0.6 is 22.7 Å². The van der Waals surface area contributed by atoms with Gasteiger partial charge in [0.1, 0.15) is 10.7 Å². The van der Waals surface area contributed by atoms with Crippen LogP contribution in [-0.2, 0) is 4.74 Å². The molecule has 20 heavy (non-hydrogen) atoms. The van der Waals surface area contributed by atoms with Gasteiger partial charge in [0.15, 0.2) is 0 Å². The summed E-state index contributed by atoms with van der Waals surface area (Å²) in [5.74, 6) is 0.00621. The van der Waals surface area contributed by atoms with Gasteiger partial charge in [-0.15, -0.1) is 22.7 Å². The smallest absolute Gasteiger partial charge is 0.273 e. The number of carbonyl (C=O) groups is 1. The zero-order valence-electron chi connectivity index (χ0n) is 11.4. The molecule has 0 saturated carbocycles. The molecule has 1 amide bonds. The number of aromatic nitrogens is 1. The maximum Gasteiger partial charge on any atom is 0.273 e. The van der Waals surface area contributed by atoms with Crippen LogP contribution < -0.4 is 0 Å². The molecule has 6 heteroatoms. The first-order valence-corrected chi connectivity index (χ1v) is 8.33. The minimum atomic E-state index is 0.00621. The van der Waals surface area contributed by atoms with Gasteiger partial charge >= 0.3 is 0 Å². The number of ether oxygens (including phenoxy) is 1. The van der Waals surface area contributed by atoms with Crippen LogP contribution in [0.15, 0.2) is 22.9 Å². The molecule has 0 unspecified atom stereocenters. The molecular formula is C14H16N2O2S2. The van der Waals surface area contributed by atoms with Crippen molar-refractivity contribution in [2.45, 2.75) is 26.0 Å². The zero-order valence-corrected chi connectivity index (χ0v) is 13.0. The van der Waals surface area contributed by atoms with E-state index in [1.165, 1.54) is 11.3 Å². The Labute approximate surface area is 126 Å². The lowest BCUT2D eigenvalue weighted by molar-refractivity contribution is -0.0388. The maximum absolute atomic E-state index is 12.6. The third-order valence-electron chi connectivity index (χ3n) is 3.32. The highest BCUT2D eigenvalue weighted by Crippen LogP contribution is 2.28. The monoisotopic (exact) mass is 308 g/mol. The molecule has 106 valence electrons. The SMILES string of the molecule is C[C@@H]1CN(C(=O)c2csc(-c3cccs3)n2)[C@H](C)CO1. The Morgan fingerprint density at radius 2 is 2.30 bits per heavy atom. The van der Waals surface area contributed by atoms with E-state index in [2.05, 4.69) is 4.98 Å². The van der Waals surface area contributed by atoms with Crippen molar-refractivity contribution in [2.75, 3.05) is 13.2 Å². The molecule has 2 aromatic heterocycles. The molecule has 3 heterocycles. The summed E-state index contributed by atoms with van der Waals surface area (Å²) in [6, 6.07) is 4.12. The van der Waals surface area contributed by atoms with E-state index in [4.69, 9.17) is 4.74 Å². The minimum Gasteiger partial charge on any atom is -0.375 e. The van der Waals surface area contributed by atoms with Gasteiger partial charge < -0.3 is 9.64 Å². The number of carbonyl (C=O) groups excluding carboxylic acids is 1. The number of hydrogen-bond acceptors (Lipinski definition) is 5. The normalized spacial score (nSPS) is 23.0. The molecule has 0 bridgehead atoms. The van der Waals surface area contributed by atoms with Crippen molar-refractivity contribution in [1.29, 1.82) is 0 Å². The molecular weight excluding hydrogens is 292 g/mol. The molecule has 1 aliphatic rings. The molecule has 2 atom stereocenters. The van der Waals surface area contributed by atoms with Crippen molar-refractivity contribution in [1.82, 2.24) is 9.88 Å². The number of rotatable bonds is 2. The average molecular weight is 308 g/mol. The second-order valence-corrected chi connectivity index (χ2v) is 6.77. The summed E-state index contributed by atoms with van der Waals surface area (Å²) in [5.41, 5.74) is 0.541. The Morgan fingerprint density at radius 1 is 1.45 bits per heavy atom. The Hall–Kier alpha value is -1.24. The fourth-order valence-corrected chi connectivity index (χ4v) is 3.83. The number of amides is 1. The van der Waals surface area contributed by atoms with Gasteiger partial charge in [0, 0.05) is 11.9 Å². The van der Waals surface area contributed by atoms with Gasteiger partial charge in [-0.1, -0.05) is 6.07 Å². The molecule has 0 radical (unpaired) electrons. The first-order chi connectivity index (χ1) is 9.65. The third-order valence-corrected chi connectivity index (χ3v) is 5.21. The highest BCUT2D eigenvalue weighted by atomic mass is 32.1. The summed E-state index contributed by atoms with van der Waals surface area (Å²) in [4.78, 5) is 20.0. The first kappa shape index (κ1) is 13.7. The zero-order chi connectivity index (χ0) is 14.1. The molecule has 0 aliphatic carbocycles. The first-order valence-electron chi connectivity index (χ1n) is 6.57. The van der Waals surface area contributed by atoms with Crippen LogP contribution in [-0.4, -0.2) is 41.1 Å². The van der Waals surface area contributed by atoms with Gasteiger partial charge in [-0.2, -0.15) is 0 Å². The predicted octanol–water partition coefficient (Wildman–Crippen LogP) is 3.12. The highest BCUT2D eigenvalue weighted by Gasteiger charge is 2.29. The van der Waals surface area contributed by atoms with E-state index in [-0.39, 0.29) is 18.1 Å². The summed E-state index contributed by atoms with van der Waals surface area (Å²) in [6.45, 7) is 5.22. The largest absolute Gasteiger partial charge is 0.375 e. The van der Waals surface area contributed by atoms with E-state index < -0.39 is 0 Å². The van der Waals surface area contributed by atoms with Crippen LogP contribution in [0.1, 0.15) is 24.3 Å². The fraction of sp³-hybridized carbons (Fsp3) is 0.429. The number of nitrogens with zero attached hydrogens (tertiary/aromatic N) is 2. The Morgan fingerprint density at radius 3 is 3.05 bits per heavy atom. The molecule has 1 saturated heterocycles. The van der Waals surface area contributed by atoms with E-state index in [1.807, 2.05) is 41.6 Å². The Bertz CT molecular complexity index is 594. The Balaban J connectivity index is 1.80. The predicted molar refractivity (Wildman–Crippen MR) is 81.3 cm³/mol. The summed E-state index contributed by atoms with van der Waals surface area (Å²) in [5, 5.41) is 4.78. The van der Waals surface area contributed by atoms with Crippen molar-refractivity contribution >= 4 is 28.6 Å². The van der Waals surface area contributed by atoms with Crippen LogP contribution in [0.5, 0.6) is 0 Å². The lowest BCUT2D eigenvalue weighted by Gasteiger charge is -2.36. The van der Waals surface area contributed by atoms with E-state index >= 15 is 0 Å². The van der Waals surface area contributed by atoms with Gasteiger partial charge in [-0.3, -0.25) is 4.79 Å². The summed E-state index contributed by atoms with van der Waals surface area (Å²) in [7, 11) is 0. The number of morpholine rings is 1. The fourth-order valence-electron chi connectivity index (χ4n) is 2.22. The average Bonchev–Trinajstić information content (AvgIpc) is 3.10. The second-order valence-electron chi connectivity index (χ2n) is 4.97. The number of hydrogen-bond donors (Lipinski definition) is 0. The minimum absolute atomic E-state index is 0.00621. The second kappa shape index (κ2) is 5.63. The van der Waals surface area contributed by atoms with Crippen molar-refractivity contribution in [3.8, 4) is 9.88 Å². The molecule has 1 aliphatic heterocycles. The van der Waals surface area contributed by atoms with E-state index in [1.54, 1.807) is 11.3 Å². The third kappa shape index (κ3) is 2.63. The Kier molecular flexibility index (Phi) is 3.87. The van der Waals surface area contributed by atoms with Gasteiger partial charge in [0.2, 0.25) is 0 Å². The van der Waals surface area contributed by atoms with Crippen LogP contribution in [0, 0.1) is 0 Å². The van der Waals surface area contributed by atoms with Crippen LogP contribution in [0.4, 0.5) is 0 Å². The van der Waals surface area contributed by atoms with Crippen LogP contribution in [0.3, 0.4) is 0 Å². The van der Waals surface area contributed by atoms with Crippen molar-refractivity contribution in [3.63, 3.8) is 0 Å². The quantitative estimate of drug-likeness (QED) is 0.856. The topological polar surface area (TPSA) is 42.4 Å². The van der Waals surface area contributed by atoms with Crippen molar-refractivity contribution in [3.05, 3.63) is 28.6 Å². The molecule has 1 fully saturated rings. The van der Waals surface area contributed by atoms with Crippen molar-refractivity contribution < 1.29 is 9.53 Å². The molecule has 0 aromatic carbocycles. The van der Waals surface area contributed by atoms with E-state index in [0.29, 0.717) is 18.8 Å². The molecule has 3 rings (SSSR count). The van der Waals surface area contributed by atoms with Crippen LogP contribution in [0.25, 0.3) is 9.88 Å². The van der Waals surface area contributed by atoms with Crippen LogP contribution in [0.2, 0.25) is 0 Å². The van der Waals surface area contributed by atoms with Gasteiger partial charge in [0.25, 0.3) is 5.91 Å². The molecule has 2 aromatic rings. The summed E-state index contributed by atoms with van der Waals surface area (Å²) in [6.07, 6.45) is 0.0885. The number of thiazole rings is 1. The maximum atomic E-state index is 12.6.